The lowest BCUT2D eigenvalue weighted by atomic mass is 10.1. The van der Waals surface area contributed by atoms with Crippen molar-refractivity contribution in [3.63, 3.8) is 0 Å². The SMILES string of the molecule is COCC(C)NC(=O)CN1CCC(CCO)C1. The molecule has 1 fully saturated rings. The van der Waals surface area contributed by atoms with Crippen molar-refractivity contribution in [1.82, 2.24) is 10.2 Å². The lowest BCUT2D eigenvalue weighted by Gasteiger charge is -2.18. The molecule has 0 radical (unpaired) electrons. The Hall–Kier alpha value is -0.650. The molecule has 100 valence electrons. The Balaban J connectivity index is 2.19. The van der Waals surface area contributed by atoms with Crippen LogP contribution < -0.4 is 5.32 Å². The summed E-state index contributed by atoms with van der Waals surface area (Å²) in [5.74, 6) is 0.600. The maximum absolute atomic E-state index is 11.7. The van der Waals surface area contributed by atoms with Gasteiger partial charge in [-0.2, -0.15) is 0 Å². The van der Waals surface area contributed by atoms with Gasteiger partial charge in [0.2, 0.25) is 5.91 Å². The van der Waals surface area contributed by atoms with Crippen LogP contribution in [-0.2, 0) is 9.53 Å². The minimum atomic E-state index is 0.0548. The van der Waals surface area contributed by atoms with Crippen LogP contribution in [0.5, 0.6) is 0 Å². The molecule has 1 heterocycles. The summed E-state index contributed by atoms with van der Waals surface area (Å²) in [6, 6.07) is 0.0586. The van der Waals surface area contributed by atoms with Crippen LogP contribution in [0.15, 0.2) is 0 Å². The number of ether oxygens (including phenoxy) is 1. The number of carbonyl (C=O) groups excluding carboxylic acids is 1. The minimum absolute atomic E-state index is 0.0548. The van der Waals surface area contributed by atoms with Crippen molar-refractivity contribution in [3.05, 3.63) is 0 Å². The summed E-state index contributed by atoms with van der Waals surface area (Å²) in [6.07, 6.45) is 1.93. The molecule has 1 rings (SSSR count). The number of aliphatic hydroxyl groups is 1. The van der Waals surface area contributed by atoms with E-state index in [2.05, 4.69) is 10.2 Å². The Bertz CT molecular complexity index is 236. The highest BCUT2D eigenvalue weighted by Crippen LogP contribution is 2.18. The maximum atomic E-state index is 11.7. The molecule has 2 unspecified atom stereocenters. The zero-order valence-electron chi connectivity index (χ0n) is 10.8. The van der Waals surface area contributed by atoms with E-state index in [1.54, 1.807) is 7.11 Å². The van der Waals surface area contributed by atoms with Crippen molar-refractivity contribution in [2.24, 2.45) is 5.92 Å². The van der Waals surface area contributed by atoms with Crippen molar-refractivity contribution < 1.29 is 14.6 Å². The van der Waals surface area contributed by atoms with Crippen molar-refractivity contribution in [1.29, 1.82) is 0 Å². The van der Waals surface area contributed by atoms with Crippen molar-refractivity contribution in [2.75, 3.05) is 40.0 Å². The molecule has 0 saturated carbocycles. The van der Waals surface area contributed by atoms with Gasteiger partial charge < -0.3 is 15.2 Å². The fourth-order valence-electron chi connectivity index (χ4n) is 2.29. The van der Waals surface area contributed by atoms with Gasteiger partial charge in [0, 0.05) is 26.3 Å². The second kappa shape index (κ2) is 7.63. The second-order valence-electron chi connectivity index (χ2n) is 4.83. The third-order valence-corrected chi connectivity index (χ3v) is 3.10. The highest BCUT2D eigenvalue weighted by Gasteiger charge is 2.23. The van der Waals surface area contributed by atoms with Crippen LogP contribution in [0.3, 0.4) is 0 Å². The van der Waals surface area contributed by atoms with E-state index in [0.29, 0.717) is 19.1 Å². The van der Waals surface area contributed by atoms with Gasteiger partial charge in [-0.05, 0) is 32.2 Å². The number of carbonyl (C=O) groups is 1. The number of likely N-dealkylation sites (tertiary alicyclic amines) is 1. The number of nitrogens with one attached hydrogen (secondary N) is 1. The van der Waals surface area contributed by atoms with Crippen molar-refractivity contribution in [3.8, 4) is 0 Å². The van der Waals surface area contributed by atoms with E-state index < -0.39 is 0 Å². The first-order chi connectivity index (χ1) is 8.15. The highest BCUT2D eigenvalue weighted by atomic mass is 16.5. The van der Waals surface area contributed by atoms with Gasteiger partial charge in [-0.15, -0.1) is 0 Å². The minimum Gasteiger partial charge on any atom is -0.396 e. The molecule has 1 aliphatic rings. The molecule has 0 aromatic rings. The summed E-state index contributed by atoms with van der Waals surface area (Å²) in [6.45, 7) is 5.05. The van der Waals surface area contributed by atoms with Gasteiger partial charge in [-0.1, -0.05) is 0 Å². The van der Waals surface area contributed by atoms with Crippen molar-refractivity contribution >= 4 is 5.91 Å². The topological polar surface area (TPSA) is 61.8 Å². The molecule has 0 bridgehead atoms. The summed E-state index contributed by atoms with van der Waals surface area (Å²) in [5, 5.41) is 11.8. The van der Waals surface area contributed by atoms with Crippen LogP contribution in [0.25, 0.3) is 0 Å². The second-order valence-corrected chi connectivity index (χ2v) is 4.83. The molecule has 1 amide bonds. The van der Waals surface area contributed by atoms with Gasteiger partial charge in [0.1, 0.15) is 0 Å². The van der Waals surface area contributed by atoms with Crippen LogP contribution in [-0.4, -0.2) is 61.9 Å². The molecule has 0 aromatic heterocycles. The zero-order chi connectivity index (χ0) is 12.7. The first kappa shape index (κ1) is 14.4. The molecule has 0 aliphatic carbocycles. The first-order valence-corrected chi connectivity index (χ1v) is 6.27. The average molecular weight is 244 g/mol. The van der Waals surface area contributed by atoms with Crippen LogP contribution in [0.2, 0.25) is 0 Å². The lowest BCUT2D eigenvalue weighted by molar-refractivity contribution is -0.123. The predicted octanol–water partition coefficient (Wildman–Crippen LogP) is -0.158. The predicted molar refractivity (Wildman–Crippen MR) is 65.7 cm³/mol. The molecule has 17 heavy (non-hydrogen) atoms. The maximum Gasteiger partial charge on any atom is 0.234 e. The third kappa shape index (κ3) is 5.48. The zero-order valence-corrected chi connectivity index (χ0v) is 10.8. The summed E-state index contributed by atoms with van der Waals surface area (Å²) >= 11 is 0. The molecular weight excluding hydrogens is 220 g/mol. The highest BCUT2D eigenvalue weighted by molar-refractivity contribution is 5.78. The smallest absolute Gasteiger partial charge is 0.234 e. The van der Waals surface area contributed by atoms with E-state index in [4.69, 9.17) is 9.84 Å². The van der Waals surface area contributed by atoms with Gasteiger partial charge in [0.25, 0.3) is 0 Å². The third-order valence-electron chi connectivity index (χ3n) is 3.10. The molecule has 1 aliphatic heterocycles. The molecular formula is C12H24N2O3. The largest absolute Gasteiger partial charge is 0.396 e. The van der Waals surface area contributed by atoms with Crippen LogP contribution in [0.4, 0.5) is 0 Å². The summed E-state index contributed by atoms with van der Waals surface area (Å²) in [4.78, 5) is 13.8. The lowest BCUT2D eigenvalue weighted by Crippen LogP contribution is -2.42. The first-order valence-electron chi connectivity index (χ1n) is 6.27. The van der Waals surface area contributed by atoms with Crippen LogP contribution in [0, 0.1) is 5.92 Å². The molecule has 2 N–H and O–H groups in total. The number of aliphatic hydroxyl groups excluding tert-OH is 1. The van der Waals surface area contributed by atoms with Gasteiger partial charge >= 0.3 is 0 Å². The van der Waals surface area contributed by atoms with Gasteiger partial charge in [-0.3, -0.25) is 9.69 Å². The molecule has 0 spiro atoms. The Labute approximate surface area is 103 Å². The van der Waals surface area contributed by atoms with E-state index in [0.717, 1.165) is 25.9 Å². The summed E-state index contributed by atoms with van der Waals surface area (Å²) in [7, 11) is 1.63. The monoisotopic (exact) mass is 244 g/mol. The van der Waals surface area contributed by atoms with Gasteiger partial charge in [-0.25, -0.2) is 0 Å². The van der Waals surface area contributed by atoms with E-state index in [-0.39, 0.29) is 18.6 Å². The number of hydrogen-bond acceptors (Lipinski definition) is 4. The summed E-state index contributed by atoms with van der Waals surface area (Å²) < 4.78 is 4.97. The summed E-state index contributed by atoms with van der Waals surface area (Å²) in [5.41, 5.74) is 0. The number of methoxy groups -OCH3 is 1. The Morgan fingerprint density at radius 3 is 3.06 bits per heavy atom. The molecule has 2 atom stereocenters. The van der Waals surface area contributed by atoms with Crippen molar-refractivity contribution in [2.45, 2.75) is 25.8 Å². The number of rotatable bonds is 7. The van der Waals surface area contributed by atoms with Crippen LogP contribution >= 0.6 is 0 Å². The standard InChI is InChI=1S/C12H24N2O3/c1-10(9-17-2)13-12(16)8-14-5-3-11(7-14)4-6-15/h10-11,15H,3-9H2,1-2H3,(H,13,16). The number of hydrogen-bond donors (Lipinski definition) is 2. The van der Waals surface area contributed by atoms with E-state index in [1.807, 2.05) is 6.92 Å². The Kier molecular flexibility index (Phi) is 6.47. The fourth-order valence-corrected chi connectivity index (χ4v) is 2.29. The number of amides is 1. The quantitative estimate of drug-likeness (QED) is 0.653. The Morgan fingerprint density at radius 1 is 1.65 bits per heavy atom. The van der Waals surface area contributed by atoms with Gasteiger partial charge in [0.15, 0.2) is 0 Å². The van der Waals surface area contributed by atoms with E-state index in [9.17, 15) is 4.79 Å². The molecule has 5 heteroatoms. The van der Waals surface area contributed by atoms with E-state index >= 15 is 0 Å². The molecule has 1 saturated heterocycles. The van der Waals surface area contributed by atoms with Gasteiger partial charge in [0.05, 0.1) is 13.2 Å². The van der Waals surface area contributed by atoms with Crippen LogP contribution in [0.1, 0.15) is 19.8 Å². The molecule has 0 aromatic carbocycles. The number of nitrogens with zero attached hydrogens (tertiary/aromatic N) is 1. The molecule has 5 nitrogen and oxygen atoms in total. The Morgan fingerprint density at radius 2 is 2.41 bits per heavy atom. The van der Waals surface area contributed by atoms with E-state index in [1.165, 1.54) is 0 Å². The normalized spacial score (nSPS) is 22.6. The average Bonchev–Trinajstić information content (AvgIpc) is 2.66. The fraction of sp³-hybridized carbons (Fsp3) is 0.917.